The van der Waals surface area contributed by atoms with Crippen LogP contribution in [0.2, 0.25) is 0 Å². The molecule has 2 atom stereocenters. The maximum atomic E-state index is 12.8. The van der Waals surface area contributed by atoms with E-state index in [4.69, 9.17) is 27.4 Å². The molecule has 0 fully saturated rings. The second-order valence-electron chi connectivity index (χ2n) is 17.1. The first-order chi connectivity index (χ1) is 28.8. The zero-order valence-corrected chi connectivity index (χ0v) is 39.8. The van der Waals surface area contributed by atoms with Crippen LogP contribution in [0.4, 0.5) is 0 Å². The first kappa shape index (κ1) is 53.7. The Kier molecular flexibility index (Phi) is 28.9. The predicted octanol–water partition coefficient (Wildman–Crippen LogP) is 12.4. The maximum Gasteiger partial charge on any atom is 0.472 e. The highest BCUT2D eigenvalue weighted by Gasteiger charge is 2.26. The number of carbonyl (C=O) groups is 2. The van der Waals surface area contributed by atoms with Crippen LogP contribution in [0.25, 0.3) is 0 Å². The lowest BCUT2D eigenvalue weighted by Gasteiger charge is -2.20. The number of unbranched alkanes of at least 4 members (excludes halogenated alkanes) is 16. The van der Waals surface area contributed by atoms with Crippen LogP contribution < -0.4 is 0 Å². The third-order valence-electron chi connectivity index (χ3n) is 11.3. The van der Waals surface area contributed by atoms with Gasteiger partial charge in [0, 0.05) is 45.1 Å². The molecule has 0 aliphatic rings. The number of nitrogens with zero attached hydrogens (tertiary/aromatic N) is 1. The number of hydrogen-bond donors (Lipinski definition) is 1. The molecule has 0 aromatic carbocycles. The summed E-state index contributed by atoms with van der Waals surface area (Å²) in [7, 11) is -0.748. The quantitative estimate of drug-likeness (QED) is 0.0392. The van der Waals surface area contributed by atoms with Gasteiger partial charge in [-0.25, -0.2) is 4.57 Å². The summed E-state index contributed by atoms with van der Waals surface area (Å²) in [5.41, 5.74) is 3.91. The Balaban J connectivity index is 1.64. The Hall–Kier alpha value is -2.43. The Bertz CT molecular complexity index is 1480. The lowest BCUT2D eigenvalue weighted by molar-refractivity contribution is -0.161. The van der Waals surface area contributed by atoms with E-state index in [0.29, 0.717) is 19.4 Å². The van der Waals surface area contributed by atoms with Crippen molar-refractivity contribution < 1.29 is 46.4 Å². The Morgan fingerprint density at radius 1 is 0.633 bits per heavy atom. The monoisotopic (exact) mass is 866 g/mol. The molecule has 2 aromatic heterocycles. The van der Waals surface area contributed by atoms with Crippen LogP contribution in [-0.4, -0.2) is 68.3 Å². The molecule has 0 saturated carbocycles. The van der Waals surface area contributed by atoms with Gasteiger partial charge in [-0.05, 0) is 96.1 Å². The standard InChI is InChI=1S/C48H84NO10P/c1-8-10-22-28-42-36-39(3)44(57-42)29-24-18-16-17-20-26-32-47(50)54-37-43(38-56-60(52,53)55-35-34-49(6)7)58-48(51)33-27-21-15-13-12-14-19-25-31-46-41(5)40(4)45(59-46)30-23-11-9-2/h36,43H,8-35,37-38H2,1-7H3,(H,52,53)/t43-/m1/s1. The van der Waals surface area contributed by atoms with Crippen molar-refractivity contribution in [3.63, 3.8) is 0 Å². The fourth-order valence-electron chi connectivity index (χ4n) is 7.29. The highest BCUT2D eigenvalue weighted by atomic mass is 31.2. The highest BCUT2D eigenvalue weighted by molar-refractivity contribution is 7.47. The number of carbonyl (C=O) groups excluding carboxylic acids is 2. The van der Waals surface area contributed by atoms with Crippen molar-refractivity contribution in [2.45, 2.75) is 208 Å². The van der Waals surface area contributed by atoms with E-state index in [2.05, 4.69) is 40.7 Å². The largest absolute Gasteiger partial charge is 0.472 e. The van der Waals surface area contributed by atoms with E-state index in [1.807, 2.05) is 19.0 Å². The van der Waals surface area contributed by atoms with E-state index in [1.54, 1.807) is 0 Å². The SMILES string of the molecule is CCCCCc1cc(C)c(CCCCCCCCC(=O)OC[C@H](COP(=O)(O)OCCN(C)C)OC(=O)CCCCCCCCCCc2oc(CCCCC)c(C)c2C)o1. The van der Waals surface area contributed by atoms with Crippen molar-refractivity contribution >= 4 is 19.8 Å². The third-order valence-corrected chi connectivity index (χ3v) is 12.2. The van der Waals surface area contributed by atoms with Gasteiger partial charge in [-0.15, -0.1) is 0 Å². The summed E-state index contributed by atoms with van der Waals surface area (Å²) in [5.74, 6) is 3.70. The molecule has 346 valence electrons. The first-order valence-corrected chi connectivity index (χ1v) is 25.1. The van der Waals surface area contributed by atoms with Gasteiger partial charge in [0.25, 0.3) is 0 Å². The van der Waals surface area contributed by atoms with Crippen LogP contribution >= 0.6 is 7.82 Å². The lowest BCUT2D eigenvalue weighted by Crippen LogP contribution is -2.29. The molecule has 0 radical (unpaired) electrons. The van der Waals surface area contributed by atoms with Crippen LogP contribution in [0.5, 0.6) is 0 Å². The average molecular weight is 866 g/mol. The second-order valence-corrected chi connectivity index (χ2v) is 18.5. The summed E-state index contributed by atoms with van der Waals surface area (Å²) in [5, 5.41) is 0. The molecule has 11 nitrogen and oxygen atoms in total. The summed E-state index contributed by atoms with van der Waals surface area (Å²) in [4.78, 5) is 37.3. The van der Waals surface area contributed by atoms with Crippen molar-refractivity contribution in [3.8, 4) is 0 Å². The summed E-state index contributed by atoms with van der Waals surface area (Å²) < 4.78 is 46.0. The van der Waals surface area contributed by atoms with Crippen molar-refractivity contribution in [2.75, 3.05) is 40.5 Å². The maximum absolute atomic E-state index is 12.8. The Morgan fingerprint density at radius 2 is 1.12 bits per heavy atom. The molecule has 0 saturated heterocycles. The minimum atomic E-state index is -4.39. The predicted molar refractivity (Wildman–Crippen MR) is 240 cm³/mol. The number of hydrogen-bond acceptors (Lipinski definition) is 10. The molecule has 0 amide bonds. The van der Waals surface area contributed by atoms with E-state index in [9.17, 15) is 19.0 Å². The van der Waals surface area contributed by atoms with Crippen molar-refractivity contribution in [1.82, 2.24) is 4.90 Å². The van der Waals surface area contributed by atoms with Gasteiger partial charge in [-0.3, -0.25) is 18.6 Å². The molecule has 2 rings (SSSR count). The molecule has 12 heteroatoms. The molecule has 1 N–H and O–H groups in total. The highest BCUT2D eigenvalue weighted by Crippen LogP contribution is 2.43. The van der Waals surface area contributed by atoms with Crippen LogP contribution in [0.1, 0.15) is 195 Å². The van der Waals surface area contributed by atoms with Gasteiger partial charge in [-0.1, -0.05) is 104 Å². The number of phosphoric ester groups is 1. The van der Waals surface area contributed by atoms with Crippen molar-refractivity contribution in [1.29, 1.82) is 0 Å². The number of esters is 2. The lowest BCUT2D eigenvalue weighted by atomic mass is 10.0. The van der Waals surface area contributed by atoms with Crippen LogP contribution in [0, 0.1) is 20.8 Å². The number of ether oxygens (including phenoxy) is 2. The van der Waals surface area contributed by atoms with Crippen LogP contribution in [0.3, 0.4) is 0 Å². The van der Waals surface area contributed by atoms with Gasteiger partial charge in [0.15, 0.2) is 6.10 Å². The fourth-order valence-corrected chi connectivity index (χ4v) is 8.03. The molecule has 1 unspecified atom stereocenters. The minimum absolute atomic E-state index is 0.00567. The number of phosphoric acid groups is 1. The molecule has 0 aliphatic heterocycles. The molecule has 60 heavy (non-hydrogen) atoms. The zero-order chi connectivity index (χ0) is 44.0. The molecular weight excluding hydrogens is 781 g/mol. The number of rotatable bonds is 38. The summed E-state index contributed by atoms with van der Waals surface area (Å²) in [6, 6.07) is 2.19. The van der Waals surface area contributed by atoms with Crippen LogP contribution in [-0.2, 0) is 58.4 Å². The van der Waals surface area contributed by atoms with Gasteiger partial charge in [-0.2, -0.15) is 0 Å². The van der Waals surface area contributed by atoms with Gasteiger partial charge in [0.2, 0.25) is 0 Å². The molecule has 0 spiro atoms. The molecule has 0 bridgehead atoms. The fraction of sp³-hybridized carbons (Fsp3) is 0.792. The van der Waals surface area contributed by atoms with Crippen molar-refractivity contribution in [3.05, 3.63) is 45.8 Å². The van der Waals surface area contributed by atoms with Crippen molar-refractivity contribution in [2.24, 2.45) is 0 Å². The number of likely N-dealkylation sites (N-methyl/N-ethyl adjacent to an activating group) is 1. The van der Waals surface area contributed by atoms with E-state index in [1.165, 1.54) is 73.8 Å². The smallest absolute Gasteiger partial charge is 0.466 e. The summed E-state index contributed by atoms with van der Waals surface area (Å²) in [6.07, 6.45) is 25.1. The Labute approximate surface area is 364 Å². The normalized spacial score (nSPS) is 13.2. The van der Waals surface area contributed by atoms with Gasteiger partial charge >= 0.3 is 19.8 Å². The van der Waals surface area contributed by atoms with Gasteiger partial charge < -0.3 is 28.1 Å². The Morgan fingerprint density at radius 3 is 1.67 bits per heavy atom. The zero-order valence-electron chi connectivity index (χ0n) is 38.9. The minimum Gasteiger partial charge on any atom is -0.466 e. The van der Waals surface area contributed by atoms with Crippen LogP contribution in [0.15, 0.2) is 14.9 Å². The van der Waals surface area contributed by atoms with E-state index >= 15 is 0 Å². The second kappa shape index (κ2) is 32.3. The molecular formula is C48H84NO10P. The average Bonchev–Trinajstić information content (AvgIpc) is 3.69. The molecule has 2 heterocycles. The number of furan rings is 2. The van der Waals surface area contributed by atoms with E-state index in [0.717, 1.165) is 107 Å². The summed E-state index contributed by atoms with van der Waals surface area (Å²) >= 11 is 0. The van der Waals surface area contributed by atoms with Gasteiger partial charge in [0.05, 0.1) is 13.2 Å². The van der Waals surface area contributed by atoms with E-state index < -0.39 is 32.5 Å². The number of aryl methyl sites for hydroxylation is 5. The molecule has 0 aliphatic carbocycles. The topological polar surface area (TPSA) is 138 Å². The van der Waals surface area contributed by atoms with E-state index in [-0.39, 0.29) is 26.1 Å². The molecule has 2 aromatic rings. The summed E-state index contributed by atoms with van der Waals surface area (Å²) in [6.45, 7) is 10.7. The first-order valence-electron chi connectivity index (χ1n) is 23.6. The van der Waals surface area contributed by atoms with Gasteiger partial charge in [0.1, 0.15) is 29.6 Å². The third kappa shape index (κ3) is 24.9.